The van der Waals surface area contributed by atoms with E-state index in [0.717, 1.165) is 41.8 Å². The highest BCUT2D eigenvalue weighted by Gasteiger charge is 2.54. The van der Waals surface area contributed by atoms with Gasteiger partial charge in [-0.2, -0.15) is 0 Å². The highest BCUT2D eigenvalue weighted by atomic mass is 16.2. The van der Waals surface area contributed by atoms with Gasteiger partial charge in [-0.05, 0) is 88.7 Å². The van der Waals surface area contributed by atoms with Gasteiger partial charge in [0.25, 0.3) is 5.91 Å². The number of carbonyl (C=O) groups excluding carboxylic acids is 1. The molecule has 1 heterocycles. The van der Waals surface area contributed by atoms with E-state index in [1.807, 2.05) is 0 Å². The molecule has 0 aromatic heterocycles. The first-order valence-corrected chi connectivity index (χ1v) is 11.7. The minimum atomic E-state index is 0.149. The Hall–Kier alpha value is -1.35. The Morgan fingerprint density at radius 2 is 1.54 bits per heavy atom. The lowest BCUT2D eigenvalue weighted by Gasteiger charge is -2.56. The number of quaternary nitrogens is 1. The van der Waals surface area contributed by atoms with Gasteiger partial charge in [-0.15, -0.1) is 0 Å². The third kappa shape index (κ3) is 3.20. The second-order valence-electron chi connectivity index (χ2n) is 10.6. The van der Waals surface area contributed by atoms with E-state index in [1.165, 1.54) is 68.2 Å². The zero-order valence-electron chi connectivity index (χ0n) is 17.9. The summed E-state index contributed by atoms with van der Waals surface area (Å²) in [6.45, 7) is 7.58. The van der Waals surface area contributed by atoms with Crippen molar-refractivity contribution in [2.75, 3.05) is 11.9 Å². The molecule has 2 atom stereocenters. The van der Waals surface area contributed by atoms with Crippen LogP contribution in [0.2, 0.25) is 0 Å². The Bertz CT molecular complexity index is 719. The van der Waals surface area contributed by atoms with Crippen LogP contribution in [0, 0.1) is 44.4 Å². The Kier molecular flexibility index (Phi) is 4.77. The molecular weight excluding hydrogens is 344 g/mol. The van der Waals surface area contributed by atoms with Crippen LogP contribution in [0.5, 0.6) is 0 Å². The van der Waals surface area contributed by atoms with Gasteiger partial charge in [-0.3, -0.25) is 4.79 Å². The fourth-order valence-electron chi connectivity index (χ4n) is 7.85. The van der Waals surface area contributed by atoms with Crippen LogP contribution in [-0.4, -0.2) is 24.5 Å². The molecule has 28 heavy (non-hydrogen) atoms. The van der Waals surface area contributed by atoms with E-state index < -0.39 is 0 Å². The minimum absolute atomic E-state index is 0.149. The molecule has 4 bridgehead atoms. The second kappa shape index (κ2) is 7.16. The standard InChI is InChI=1S/C25H36N2O/c1-15-8-16(2)23(17(3)9-15)26-25(28)22-6-4-5-7-27(22)24-20-11-18-10-19(13-20)14-21(24)12-18/h8-9,18-22,24H,4-7,10-14H2,1-3H3,(H,26,28)/p+1/t18?,19?,20?,21?,22-,24?/m1/s1. The lowest BCUT2D eigenvalue weighted by Crippen LogP contribution is -3.22. The number of amides is 1. The SMILES string of the molecule is Cc1cc(C)c(NC(=O)[C@H]2CCCC[NH+]2C2C3CC4CC(C3)CC2C4)c(C)c1. The van der Waals surface area contributed by atoms with Crippen LogP contribution in [0.4, 0.5) is 5.69 Å². The number of likely N-dealkylation sites (tertiary alicyclic amines) is 1. The van der Waals surface area contributed by atoms with Crippen molar-refractivity contribution in [3.8, 4) is 0 Å². The normalized spacial score (nSPS) is 39.2. The van der Waals surface area contributed by atoms with Crippen LogP contribution < -0.4 is 10.2 Å². The lowest BCUT2D eigenvalue weighted by atomic mass is 9.53. The fourth-order valence-corrected chi connectivity index (χ4v) is 7.85. The number of aryl methyl sites for hydroxylation is 3. The summed E-state index contributed by atoms with van der Waals surface area (Å²) in [7, 11) is 0. The zero-order chi connectivity index (χ0) is 19.4. The maximum Gasteiger partial charge on any atom is 0.282 e. The molecule has 3 nitrogen and oxygen atoms in total. The molecule has 1 aliphatic heterocycles. The van der Waals surface area contributed by atoms with Gasteiger partial charge in [-0.1, -0.05) is 17.7 Å². The number of hydrogen-bond donors (Lipinski definition) is 2. The predicted molar refractivity (Wildman–Crippen MR) is 114 cm³/mol. The number of anilines is 1. The van der Waals surface area contributed by atoms with Crippen molar-refractivity contribution in [2.45, 2.75) is 84.2 Å². The molecule has 6 rings (SSSR count). The van der Waals surface area contributed by atoms with Crippen molar-refractivity contribution in [3.05, 3.63) is 28.8 Å². The first-order chi connectivity index (χ1) is 13.5. The van der Waals surface area contributed by atoms with Crippen molar-refractivity contribution in [3.63, 3.8) is 0 Å². The predicted octanol–water partition coefficient (Wildman–Crippen LogP) is 3.81. The fraction of sp³-hybridized carbons (Fsp3) is 0.720. The van der Waals surface area contributed by atoms with E-state index in [4.69, 9.17) is 0 Å². The zero-order valence-corrected chi connectivity index (χ0v) is 17.9. The molecule has 5 fully saturated rings. The largest absolute Gasteiger partial charge is 0.322 e. The highest BCUT2D eigenvalue weighted by Crippen LogP contribution is 2.53. The summed E-state index contributed by atoms with van der Waals surface area (Å²) >= 11 is 0. The lowest BCUT2D eigenvalue weighted by molar-refractivity contribution is -0.955. The first-order valence-electron chi connectivity index (χ1n) is 11.7. The maximum atomic E-state index is 13.5. The van der Waals surface area contributed by atoms with Gasteiger partial charge in [0.1, 0.15) is 0 Å². The Morgan fingerprint density at radius 3 is 2.14 bits per heavy atom. The number of rotatable bonds is 3. The van der Waals surface area contributed by atoms with Gasteiger partial charge in [-0.25, -0.2) is 0 Å². The van der Waals surface area contributed by atoms with Gasteiger partial charge in [0.05, 0.1) is 12.6 Å². The number of piperidine rings is 1. The van der Waals surface area contributed by atoms with Gasteiger partial charge >= 0.3 is 0 Å². The van der Waals surface area contributed by atoms with Crippen LogP contribution in [0.25, 0.3) is 0 Å². The first kappa shape index (κ1) is 18.7. The monoisotopic (exact) mass is 381 g/mol. The Morgan fingerprint density at radius 1 is 0.929 bits per heavy atom. The van der Waals surface area contributed by atoms with Crippen LogP contribution in [-0.2, 0) is 4.79 Å². The minimum Gasteiger partial charge on any atom is -0.322 e. The van der Waals surface area contributed by atoms with E-state index in [-0.39, 0.29) is 11.9 Å². The molecular formula is C25H37N2O+. The molecule has 3 heteroatoms. The van der Waals surface area contributed by atoms with Gasteiger partial charge in [0.15, 0.2) is 6.04 Å². The quantitative estimate of drug-likeness (QED) is 0.820. The van der Waals surface area contributed by atoms with E-state index in [1.54, 1.807) is 4.90 Å². The maximum absolute atomic E-state index is 13.5. The van der Waals surface area contributed by atoms with Gasteiger partial charge in [0, 0.05) is 23.9 Å². The van der Waals surface area contributed by atoms with E-state index in [9.17, 15) is 4.79 Å². The summed E-state index contributed by atoms with van der Waals surface area (Å²) in [6.07, 6.45) is 10.9. The molecule has 152 valence electrons. The van der Waals surface area contributed by atoms with Crippen molar-refractivity contribution in [2.24, 2.45) is 23.7 Å². The summed E-state index contributed by atoms with van der Waals surface area (Å²) in [5.41, 5.74) is 4.70. The number of benzene rings is 1. The molecule has 1 saturated heterocycles. The average Bonchev–Trinajstić information content (AvgIpc) is 2.64. The Balaban J connectivity index is 1.37. The molecule has 1 unspecified atom stereocenters. The second-order valence-corrected chi connectivity index (χ2v) is 10.6. The number of hydrogen-bond acceptors (Lipinski definition) is 1. The summed E-state index contributed by atoms with van der Waals surface area (Å²) in [5.74, 6) is 4.07. The summed E-state index contributed by atoms with van der Waals surface area (Å²) in [6, 6.07) is 5.28. The van der Waals surface area contributed by atoms with E-state index in [0.29, 0.717) is 0 Å². The third-order valence-electron chi connectivity index (χ3n) is 8.55. The average molecular weight is 382 g/mol. The highest BCUT2D eigenvalue weighted by molar-refractivity contribution is 5.95. The number of carbonyl (C=O) groups is 1. The third-order valence-corrected chi connectivity index (χ3v) is 8.55. The molecule has 1 aromatic rings. The molecule has 2 N–H and O–H groups in total. The smallest absolute Gasteiger partial charge is 0.282 e. The summed E-state index contributed by atoms with van der Waals surface area (Å²) in [4.78, 5) is 15.1. The Labute approximate surface area is 170 Å². The molecule has 1 amide bonds. The summed E-state index contributed by atoms with van der Waals surface area (Å²) < 4.78 is 0. The van der Waals surface area contributed by atoms with Crippen LogP contribution >= 0.6 is 0 Å². The van der Waals surface area contributed by atoms with Crippen LogP contribution in [0.1, 0.15) is 68.1 Å². The number of nitrogens with one attached hydrogen (secondary N) is 2. The van der Waals surface area contributed by atoms with Crippen molar-refractivity contribution >= 4 is 11.6 Å². The van der Waals surface area contributed by atoms with E-state index in [2.05, 4.69) is 38.2 Å². The van der Waals surface area contributed by atoms with Crippen LogP contribution in [0.15, 0.2) is 12.1 Å². The van der Waals surface area contributed by atoms with Crippen molar-refractivity contribution in [1.82, 2.24) is 0 Å². The molecule has 0 spiro atoms. The molecule has 0 radical (unpaired) electrons. The van der Waals surface area contributed by atoms with Crippen LogP contribution in [0.3, 0.4) is 0 Å². The van der Waals surface area contributed by atoms with Gasteiger partial charge < -0.3 is 10.2 Å². The molecule has 1 aromatic carbocycles. The summed E-state index contributed by atoms with van der Waals surface area (Å²) in [5, 5.41) is 3.37. The molecule has 5 aliphatic rings. The van der Waals surface area contributed by atoms with Gasteiger partial charge in [0.2, 0.25) is 0 Å². The van der Waals surface area contributed by atoms with E-state index >= 15 is 0 Å². The van der Waals surface area contributed by atoms with Crippen molar-refractivity contribution in [1.29, 1.82) is 0 Å². The molecule has 4 aliphatic carbocycles. The molecule has 4 saturated carbocycles. The topological polar surface area (TPSA) is 33.5 Å². The van der Waals surface area contributed by atoms with Crippen molar-refractivity contribution < 1.29 is 9.69 Å².